The monoisotopic (exact) mass is 394 g/mol. The number of fused-ring (bicyclic) bond motifs is 1. The lowest BCUT2D eigenvalue weighted by molar-refractivity contribution is -0.137. The zero-order valence-corrected chi connectivity index (χ0v) is 14.9. The Kier molecular flexibility index (Phi) is 4.84. The van der Waals surface area contributed by atoms with Gasteiger partial charge in [-0.2, -0.15) is 13.2 Å². The summed E-state index contributed by atoms with van der Waals surface area (Å²) in [5.74, 6) is -0.949. The molecule has 0 saturated carbocycles. The van der Waals surface area contributed by atoms with E-state index in [1.54, 1.807) is 0 Å². The Morgan fingerprint density at radius 2 is 2.00 bits per heavy atom. The quantitative estimate of drug-likeness (QED) is 0.803. The van der Waals surface area contributed by atoms with Gasteiger partial charge in [0.05, 0.1) is 24.7 Å². The molecule has 1 fully saturated rings. The van der Waals surface area contributed by atoms with Crippen LogP contribution in [0.4, 0.5) is 23.2 Å². The molecule has 0 spiro atoms. The highest BCUT2D eigenvalue weighted by Gasteiger charge is 2.32. The van der Waals surface area contributed by atoms with E-state index in [1.807, 2.05) is 23.1 Å². The Balaban J connectivity index is 1.49. The fourth-order valence-electron chi connectivity index (χ4n) is 3.66. The first-order valence-electron chi connectivity index (χ1n) is 8.91. The minimum absolute atomic E-state index is 0.0510. The summed E-state index contributed by atoms with van der Waals surface area (Å²) < 4.78 is 58.2. The van der Waals surface area contributed by atoms with Crippen molar-refractivity contribution >= 4 is 11.6 Å². The molecule has 0 radical (unpaired) electrons. The van der Waals surface area contributed by atoms with Crippen LogP contribution in [0.1, 0.15) is 28.4 Å². The van der Waals surface area contributed by atoms with E-state index in [4.69, 9.17) is 4.74 Å². The van der Waals surface area contributed by atoms with Crippen LogP contribution >= 0.6 is 0 Å². The molecular formula is C20H18F4N2O2. The van der Waals surface area contributed by atoms with Gasteiger partial charge in [0.1, 0.15) is 5.82 Å². The van der Waals surface area contributed by atoms with Gasteiger partial charge >= 0.3 is 6.18 Å². The molecule has 8 heteroatoms. The van der Waals surface area contributed by atoms with Gasteiger partial charge in [-0.1, -0.05) is 12.1 Å². The minimum Gasteiger partial charge on any atom is -0.371 e. The van der Waals surface area contributed by atoms with Crippen molar-refractivity contribution in [1.29, 1.82) is 0 Å². The number of nitrogens with zero attached hydrogens (tertiary/aromatic N) is 1. The number of rotatable bonds is 3. The molecule has 1 amide bonds. The van der Waals surface area contributed by atoms with Gasteiger partial charge < -0.3 is 10.1 Å². The summed E-state index contributed by atoms with van der Waals surface area (Å²) in [7, 11) is 0. The second-order valence-electron chi connectivity index (χ2n) is 7.08. The topological polar surface area (TPSA) is 41.6 Å². The van der Waals surface area contributed by atoms with Crippen molar-refractivity contribution in [3.63, 3.8) is 0 Å². The van der Waals surface area contributed by atoms with Gasteiger partial charge in [-0.3, -0.25) is 9.69 Å². The number of benzene rings is 2. The number of hydrogen-bond donors (Lipinski definition) is 1. The normalized spacial score (nSPS) is 20.1. The van der Waals surface area contributed by atoms with Gasteiger partial charge in [0.25, 0.3) is 0 Å². The van der Waals surface area contributed by atoms with E-state index >= 15 is 0 Å². The van der Waals surface area contributed by atoms with Crippen LogP contribution in [0.5, 0.6) is 0 Å². The molecule has 0 bridgehead atoms. The largest absolute Gasteiger partial charge is 0.416 e. The number of morpholine rings is 1. The number of anilines is 1. The highest BCUT2D eigenvalue weighted by Crippen LogP contribution is 2.32. The van der Waals surface area contributed by atoms with Crippen LogP contribution in [0, 0.1) is 5.82 Å². The lowest BCUT2D eigenvalue weighted by Gasteiger charge is -2.33. The predicted molar refractivity (Wildman–Crippen MR) is 94.1 cm³/mol. The number of hydrogen-bond acceptors (Lipinski definition) is 3. The summed E-state index contributed by atoms with van der Waals surface area (Å²) >= 11 is 0. The van der Waals surface area contributed by atoms with Crippen molar-refractivity contribution < 1.29 is 27.1 Å². The van der Waals surface area contributed by atoms with E-state index in [0.717, 1.165) is 28.9 Å². The number of alkyl halides is 3. The van der Waals surface area contributed by atoms with Gasteiger partial charge in [0.15, 0.2) is 0 Å². The van der Waals surface area contributed by atoms with Crippen LogP contribution in [0.3, 0.4) is 0 Å². The molecule has 1 N–H and O–H groups in total. The fourth-order valence-corrected chi connectivity index (χ4v) is 3.66. The maximum Gasteiger partial charge on any atom is 0.416 e. The number of halogens is 4. The predicted octanol–water partition coefficient (Wildman–Crippen LogP) is 3.91. The van der Waals surface area contributed by atoms with Crippen molar-refractivity contribution in [2.75, 3.05) is 25.0 Å². The smallest absolute Gasteiger partial charge is 0.371 e. The lowest BCUT2D eigenvalue weighted by atomic mass is 10.0. The van der Waals surface area contributed by atoms with Crippen molar-refractivity contribution in [3.05, 3.63) is 64.5 Å². The average Bonchev–Trinajstić information content (AvgIpc) is 3.00. The summed E-state index contributed by atoms with van der Waals surface area (Å²) in [6.45, 7) is 1.63. The third kappa shape index (κ3) is 4.02. The molecule has 4 nitrogen and oxygen atoms in total. The number of ether oxygens (including phenoxy) is 1. The average molecular weight is 394 g/mol. The molecule has 2 aliphatic heterocycles. The Morgan fingerprint density at radius 1 is 1.18 bits per heavy atom. The van der Waals surface area contributed by atoms with Crippen molar-refractivity contribution in [1.82, 2.24) is 4.90 Å². The Hall–Kier alpha value is -2.45. The zero-order chi connectivity index (χ0) is 19.9. The summed E-state index contributed by atoms with van der Waals surface area (Å²) in [6, 6.07) is 8.26. The summed E-state index contributed by atoms with van der Waals surface area (Å²) in [5, 5.41) is 2.77. The van der Waals surface area contributed by atoms with Crippen molar-refractivity contribution in [2.24, 2.45) is 0 Å². The molecule has 2 aromatic rings. The second kappa shape index (κ2) is 7.18. The maximum absolute atomic E-state index is 13.6. The van der Waals surface area contributed by atoms with Crippen molar-refractivity contribution in [2.45, 2.75) is 25.2 Å². The maximum atomic E-state index is 13.6. The lowest BCUT2D eigenvalue weighted by Crippen LogP contribution is -2.37. The molecule has 4 rings (SSSR count). The number of carbonyl (C=O) groups is 1. The standard InChI is InChI=1S/C20H18F4N2O2/c21-16-6-12(5-15(9-16)20(22,23)24)10-26-3-4-28-18(11-26)13-1-2-17-14(7-13)8-19(27)25-17/h1-2,5-7,9,18H,3-4,8,10-11H2,(H,25,27)/t18-/m1/s1. The van der Waals surface area contributed by atoms with E-state index < -0.39 is 17.6 Å². The van der Waals surface area contributed by atoms with Crippen LogP contribution in [0.2, 0.25) is 0 Å². The summed E-state index contributed by atoms with van der Waals surface area (Å²) in [4.78, 5) is 13.5. The Morgan fingerprint density at radius 3 is 2.79 bits per heavy atom. The molecule has 2 aliphatic rings. The summed E-state index contributed by atoms with van der Waals surface area (Å²) in [5.41, 5.74) is 1.90. The van der Waals surface area contributed by atoms with Crippen LogP contribution in [0.25, 0.3) is 0 Å². The molecule has 1 atom stereocenters. The molecule has 0 aliphatic carbocycles. The first-order chi connectivity index (χ1) is 13.3. The van der Waals surface area contributed by atoms with Gasteiger partial charge in [-0.15, -0.1) is 0 Å². The van der Waals surface area contributed by atoms with E-state index in [9.17, 15) is 22.4 Å². The van der Waals surface area contributed by atoms with Crippen LogP contribution in [0.15, 0.2) is 36.4 Å². The Bertz CT molecular complexity index is 914. The van der Waals surface area contributed by atoms with E-state index in [2.05, 4.69) is 5.32 Å². The van der Waals surface area contributed by atoms with Gasteiger partial charge in [-0.05, 0) is 41.0 Å². The third-order valence-corrected chi connectivity index (χ3v) is 4.97. The molecular weight excluding hydrogens is 376 g/mol. The zero-order valence-electron chi connectivity index (χ0n) is 14.9. The first-order valence-corrected chi connectivity index (χ1v) is 8.91. The fraction of sp³-hybridized carbons (Fsp3) is 0.350. The van der Waals surface area contributed by atoms with E-state index in [1.165, 1.54) is 0 Å². The molecule has 1 saturated heterocycles. The van der Waals surface area contributed by atoms with Crippen LogP contribution in [-0.2, 0) is 28.7 Å². The van der Waals surface area contributed by atoms with Gasteiger partial charge in [-0.25, -0.2) is 4.39 Å². The molecule has 2 heterocycles. The highest BCUT2D eigenvalue weighted by atomic mass is 19.4. The molecule has 148 valence electrons. The number of nitrogens with one attached hydrogen (secondary N) is 1. The van der Waals surface area contributed by atoms with E-state index in [-0.39, 0.29) is 24.1 Å². The number of carbonyl (C=O) groups excluding carboxylic acids is 1. The van der Waals surface area contributed by atoms with Crippen LogP contribution in [-0.4, -0.2) is 30.5 Å². The first kappa shape index (κ1) is 18.9. The number of amides is 1. The molecule has 2 aromatic carbocycles. The van der Waals surface area contributed by atoms with Crippen molar-refractivity contribution in [3.8, 4) is 0 Å². The highest BCUT2D eigenvalue weighted by molar-refractivity contribution is 5.99. The SMILES string of the molecule is O=C1Cc2cc([C@H]3CN(Cc4cc(F)cc(C(F)(F)F)c4)CCO3)ccc2N1. The van der Waals surface area contributed by atoms with E-state index in [0.29, 0.717) is 32.2 Å². The molecule has 0 unspecified atom stereocenters. The molecule has 0 aromatic heterocycles. The van der Waals surface area contributed by atoms with Gasteiger partial charge in [0.2, 0.25) is 5.91 Å². The van der Waals surface area contributed by atoms with Crippen LogP contribution < -0.4 is 5.32 Å². The Labute approximate surface area is 159 Å². The minimum atomic E-state index is -4.58. The summed E-state index contributed by atoms with van der Waals surface area (Å²) in [6.07, 6.45) is -4.52. The third-order valence-electron chi connectivity index (χ3n) is 4.97. The molecule has 28 heavy (non-hydrogen) atoms. The second-order valence-corrected chi connectivity index (χ2v) is 7.08. The van der Waals surface area contributed by atoms with Gasteiger partial charge in [0, 0.05) is 25.3 Å².